The summed E-state index contributed by atoms with van der Waals surface area (Å²) in [5, 5.41) is 10.2. The molecule has 1 heterocycles. The summed E-state index contributed by atoms with van der Waals surface area (Å²) in [6, 6.07) is 5.06. The number of fused-ring (bicyclic) bond motifs is 5. The van der Waals surface area contributed by atoms with Crippen LogP contribution in [-0.2, 0) is 16.1 Å². The third-order valence-corrected chi connectivity index (χ3v) is 6.08. The lowest BCUT2D eigenvalue weighted by Crippen LogP contribution is -2.33. The van der Waals surface area contributed by atoms with Gasteiger partial charge in [0.15, 0.2) is 0 Å². The third-order valence-electron chi connectivity index (χ3n) is 6.08. The Morgan fingerprint density at radius 1 is 1.08 bits per heavy atom. The molecule has 2 bridgehead atoms. The van der Waals surface area contributed by atoms with E-state index in [1.165, 1.54) is 4.90 Å². The van der Waals surface area contributed by atoms with Gasteiger partial charge in [0.2, 0.25) is 11.8 Å². The summed E-state index contributed by atoms with van der Waals surface area (Å²) >= 11 is 0. The van der Waals surface area contributed by atoms with Gasteiger partial charge in [-0.2, -0.15) is 0 Å². The first-order valence-corrected chi connectivity index (χ1v) is 9.15. The fourth-order valence-electron chi connectivity index (χ4n) is 4.68. The first-order valence-electron chi connectivity index (χ1n) is 9.15. The van der Waals surface area contributed by atoms with Gasteiger partial charge in [-0.05, 0) is 49.5 Å². The molecule has 4 atom stereocenters. The molecule has 5 heteroatoms. The quantitative estimate of drug-likeness (QED) is 0.661. The second-order valence-corrected chi connectivity index (χ2v) is 7.29. The molecule has 4 unspecified atom stereocenters. The van der Waals surface area contributed by atoms with Crippen LogP contribution < -0.4 is 4.90 Å². The predicted octanol–water partition coefficient (Wildman–Crippen LogP) is 2.55. The molecule has 0 aromatic heterocycles. The molecule has 2 amide bonds. The highest BCUT2D eigenvalue weighted by Crippen LogP contribution is 2.53. The Balaban J connectivity index is 1.64. The number of rotatable bonds is 5. The molecule has 1 saturated heterocycles. The lowest BCUT2D eigenvalue weighted by molar-refractivity contribution is -0.123. The van der Waals surface area contributed by atoms with Crippen LogP contribution in [0.15, 0.2) is 30.4 Å². The number of amides is 2. The van der Waals surface area contributed by atoms with Gasteiger partial charge in [-0.1, -0.05) is 26.0 Å². The van der Waals surface area contributed by atoms with Crippen molar-refractivity contribution in [2.45, 2.75) is 26.8 Å². The van der Waals surface area contributed by atoms with E-state index in [0.29, 0.717) is 12.2 Å². The Morgan fingerprint density at radius 2 is 1.68 bits per heavy atom. The number of imide groups is 1. The summed E-state index contributed by atoms with van der Waals surface area (Å²) in [6.07, 6.45) is 5.13. The highest BCUT2D eigenvalue weighted by molar-refractivity contribution is 6.22. The van der Waals surface area contributed by atoms with E-state index in [0.717, 1.165) is 25.1 Å². The molecule has 2 fully saturated rings. The molecule has 1 aliphatic heterocycles. The molecule has 2 aliphatic carbocycles. The first kappa shape index (κ1) is 16.3. The molecular weight excluding hydrogens is 316 g/mol. The van der Waals surface area contributed by atoms with E-state index in [1.807, 2.05) is 0 Å². The van der Waals surface area contributed by atoms with Crippen LogP contribution in [0.2, 0.25) is 0 Å². The Bertz CT molecular complexity index is 723. The number of hydrogen-bond donors (Lipinski definition) is 1. The molecule has 1 aromatic carbocycles. The average Bonchev–Trinajstić information content (AvgIpc) is 3.28. The highest BCUT2D eigenvalue weighted by atomic mass is 16.3. The van der Waals surface area contributed by atoms with E-state index in [1.54, 1.807) is 18.2 Å². The summed E-state index contributed by atoms with van der Waals surface area (Å²) in [6.45, 7) is 6.49. The Kier molecular flexibility index (Phi) is 3.91. The van der Waals surface area contributed by atoms with Gasteiger partial charge in [-0.3, -0.25) is 19.4 Å². The van der Waals surface area contributed by atoms with Crippen molar-refractivity contribution in [3.8, 4) is 5.75 Å². The van der Waals surface area contributed by atoms with Crippen molar-refractivity contribution in [1.82, 2.24) is 4.90 Å². The minimum absolute atomic E-state index is 0.0775. The molecule has 4 rings (SSSR count). The molecule has 5 nitrogen and oxygen atoms in total. The van der Waals surface area contributed by atoms with Gasteiger partial charge >= 0.3 is 0 Å². The van der Waals surface area contributed by atoms with Gasteiger partial charge in [0.1, 0.15) is 5.75 Å². The van der Waals surface area contributed by atoms with Gasteiger partial charge < -0.3 is 5.11 Å². The zero-order valence-electron chi connectivity index (χ0n) is 14.7. The monoisotopic (exact) mass is 340 g/mol. The van der Waals surface area contributed by atoms with Crippen molar-refractivity contribution in [2.24, 2.45) is 23.7 Å². The van der Waals surface area contributed by atoms with E-state index in [9.17, 15) is 14.7 Å². The van der Waals surface area contributed by atoms with Crippen molar-refractivity contribution >= 4 is 17.5 Å². The predicted molar refractivity (Wildman–Crippen MR) is 94.9 cm³/mol. The fourth-order valence-corrected chi connectivity index (χ4v) is 4.68. The summed E-state index contributed by atoms with van der Waals surface area (Å²) in [4.78, 5) is 29.4. The van der Waals surface area contributed by atoms with Crippen molar-refractivity contribution in [1.29, 1.82) is 0 Å². The topological polar surface area (TPSA) is 60.9 Å². The van der Waals surface area contributed by atoms with E-state index in [4.69, 9.17) is 0 Å². The number of carbonyl (C=O) groups is 2. The lowest BCUT2D eigenvalue weighted by Gasteiger charge is -2.21. The van der Waals surface area contributed by atoms with Crippen LogP contribution in [0.5, 0.6) is 5.75 Å². The average molecular weight is 340 g/mol. The lowest BCUT2D eigenvalue weighted by atomic mass is 9.85. The Hall–Kier alpha value is -2.14. The van der Waals surface area contributed by atoms with Crippen molar-refractivity contribution in [2.75, 3.05) is 18.0 Å². The molecule has 3 aliphatic rings. The van der Waals surface area contributed by atoms with Crippen LogP contribution in [0, 0.1) is 23.7 Å². The minimum atomic E-state index is -0.192. The molecule has 1 N–H and O–H groups in total. The highest BCUT2D eigenvalue weighted by Gasteiger charge is 2.59. The van der Waals surface area contributed by atoms with Gasteiger partial charge in [-0.25, -0.2) is 0 Å². The van der Waals surface area contributed by atoms with Gasteiger partial charge in [0.25, 0.3) is 0 Å². The smallest absolute Gasteiger partial charge is 0.238 e. The van der Waals surface area contributed by atoms with Crippen LogP contribution in [0.3, 0.4) is 0 Å². The third kappa shape index (κ3) is 2.41. The number of phenolic OH excluding ortho intramolecular Hbond substituents is 1. The second kappa shape index (κ2) is 5.99. The van der Waals surface area contributed by atoms with Gasteiger partial charge in [-0.15, -0.1) is 0 Å². The molecular formula is C20H24N2O3. The maximum absolute atomic E-state index is 12.9. The molecule has 1 aromatic rings. The number of allylic oxidation sites excluding steroid dienone is 2. The maximum atomic E-state index is 12.9. The Labute approximate surface area is 147 Å². The standard InChI is InChI=1S/C20H24N2O3/c1-3-21(4-2)11-14-10-15(7-8-16(14)23)22-19(24)17-12-5-6-13(9-12)18(17)20(22)25/h5-8,10,12-13,17-18,23H,3-4,9,11H2,1-2H3. The minimum Gasteiger partial charge on any atom is -0.508 e. The van der Waals surface area contributed by atoms with Crippen LogP contribution in [-0.4, -0.2) is 34.9 Å². The fraction of sp³-hybridized carbons (Fsp3) is 0.500. The van der Waals surface area contributed by atoms with Crippen molar-refractivity contribution in [3.05, 3.63) is 35.9 Å². The summed E-state index contributed by atoms with van der Waals surface area (Å²) in [7, 11) is 0. The number of aromatic hydroxyl groups is 1. The molecule has 1 saturated carbocycles. The second-order valence-electron chi connectivity index (χ2n) is 7.29. The summed E-state index contributed by atoms with van der Waals surface area (Å²) in [5.74, 6) is 0.0897. The first-order chi connectivity index (χ1) is 12.0. The van der Waals surface area contributed by atoms with E-state index < -0.39 is 0 Å². The maximum Gasteiger partial charge on any atom is 0.238 e. The number of nitrogens with zero attached hydrogens (tertiary/aromatic N) is 2. The number of phenols is 1. The number of hydrogen-bond acceptors (Lipinski definition) is 4. The van der Waals surface area contributed by atoms with Crippen LogP contribution >= 0.6 is 0 Å². The van der Waals surface area contributed by atoms with Crippen LogP contribution in [0.1, 0.15) is 25.8 Å². The zero-order chi connectivity index (χ0) is 17.7. The number of benzene rings is 1. The van der Waals surface area contributed by atoms with Crippen LogP contribution in [0.25, 0.3) is 0 Å². The Morgan fingerprint density at radius 3 is 2.24 bits per heavy atom. The number of carbonyl (C=O) groups excluding carboxylic acids is 2. The van der Waals surface area contributed by atoms with E-state index >= 15 is 0 Å². The number of anilines is 1. The normalized spacial score (nSPS) is 30.0. The summed E-state index contributed by atoms with van der Waals surface area (Å²) < 4.78 is 0. The van der Waals surface area contributed by atoms with E-state index in [2.05, 4.69) is 30.9 Å². The zero-order valence-corrected chi connectivity index (χ0v) is 14.7. The van der Waals surface area contributed by atoms with Gasteiger partial charge in [0, 0.05) is 12.1 Å². The molecule has 25 heavy (non-hydrogen) atoms. The van der Waals surface area contributed by atoms with Gasteiger partial charge in [0.05, 0.1) is 17.5 Å². The largest absolute Gasteiger partial charge is 0.508 e. The SMILES string of the molecule is CCN(CC)Cc1cc(N2C(=O)C3C4C=CC(C4)C3C2=O)ccc1O. The van der Waals surface area contributed by atoms with Crippen LogP contribution in [0.4, 0.5) is 5.69 Å². The molecule has 132 valence electrons. The molecule has 0 radical (unpaired) electrons. The van der Waals surface area contributed by atoms with E-state index in [-0.39, 0.29) is 41.2 Å². The van der Waals surface area contributed by atoms with Crippen molar-refractivity contribution in [3.63, 3.8) is 0 Å². The van der Waals surface area contributed by atoms with Crippen molar-refractivity contribution < 1.29 is 14.7 Å². The summed E-state index contributed by atoms with van der Waals surface area (Å²) in [5.41, 5.74) is 1.34. The molecule has 0 spiro atoms.